The van der Waals surface area contributed by atoms with E-state index < -0.39 is 12.0 Å². The number of nitrogens with one attached hydrogen (secondary N) is 1. The molecule has 0 saturated heterocycles. The highest BCUT2D eigenvalue weighted by molar-refractivity contribution is 6.31. The van der Waals surface area contributed by atoms with Crippen molar-refractivity contribution in [3.8, 4) is 0 Å². The molecule has 1 atom stereocenters. The number of hydrogen-bond acceptors (Lipinski definition) is 5. The standard InChI is InChI=1S/C26H27ClN2O4/c1-14-6-8-17(18(27)10-14)24-23-20(12-26(3,4)13-22(23)31)28-19-9-7-16(25(32)33-5)11-21(19)29(24)15(2)30/h6-11,24,28H,12-13H2,1-5H3. The summed E-state index contributed by atoms with van der Waals surface area (Å²) in [5, 5.41) is 3.89. The number of anilines is 2. The van der Waals surface area contributed by atoms with Crippen LogP contribution in [-0.2, 0) is 14.3 Å². The third-order valence-corrected chi connectivity index (χ3v) is 6.53. The highest BCUT2D eigenvalue weighted by atomic mass is 35.5. The van der Waals surface area contributed by atoms with Crippen LogP contribution in [-0.4, -0.2) is 24.8 Å². The van der Waals surface area contributed by atoms with E-state index in [2.05, 4.69) is 19.2 Å². The van der Waals surface area contributed by atoms with Gasteiger partial charge in [-0.1, -0.05) is 37.6 Å². The van der Waals surface area contributed by atoms with Crippen LogP contribution in [0.3, 0.4) is 0 Å². The number of halogens is 1. The number of ketones is 1. The van der Waals surface area contributed by atoms with Crippen LogP contribution in [0.15, 0.2) is 47.7 Å². The fraction of sp³-hybridized carbons (Fsp3) is 0.346. The number of nitrogens with zero attached hydrogens (tertiary/aromatic N) is 1. The first-order valence-electron chi connectivity index (χ1n) is 10.8. The molecule has 2 aromatic carbocycles. The summed E-state index contributed by atoms with van der Waals surface area (Å²) in [5.74, 6) is -0.805. The van der Waals surface area contributed by atoms with Crippen molar-refractivity contribution in [3.05, 3.63) is 69.4 Å². The lowest BCUT2D eigenvalue weighted by molar-refractivity contribution is -0.118. The third kappa shape index (κ3) is 4.15. The minimum atomic E-state index is -0.726. The normalized spacial score (nSPS) is 19.3. The van der Waals surface area contributed by atoms with Gasteiger partial charge in [0.1, 0.15) is 0 Å². The molecule has 0 aromatic heterocycles. The molecule has 0 bridgehead atoms. The number of esters is 1. The molecule has 1 aliphatic carbocycles. The number of rotatable bonds is 2. The summed E-state index contributed by atoms with van der Waals surface area (Å²) in [6.07, 6.45) is 1.00. The van der Waals surface area contributed by atoms with Crippen LogP contribution in [0.1, 0.15) is 61.1 Å². The van der Waals surface area contributed by atoms with Crippen LogP contribution in [0.25, 0.3) is 0 Å². The number of aryl methyl sites for hydroxylation is 1. The maximum absolute atomic E-state index is 13.5. The van der Waals surface area contributed by atoms with Crippen LogP contribution < -0.4 is 10.2 Å². The van der Waals surface area contributed by atoms with Crippen molar-refractivity contribution in [2.75, 3.05) is 17.3 Å². The van der Waals surface area contributed by atoms with Crippen molar-refractivity contribution in [2.45, 2.75) is 46.6 Å². The molecule has 1 unspecified atom stereocenters. The molecule has 6 nitrogen and oxygen atoms in total. The summed E-state index contributed by atoms with van der Waals surface area (Å²) in [4.78, 5) is 40.5. The lowest BCUT2D eigenvalue weighted by Crippen LogP contribution is -2.38. The van der Waals surface area contributed by atoms with Crippen LogP contribution in [0.4, 0.5) is 11.4 Å². The number of fused-ring (bicyclic) bond motifs is 1. The Hall–Kier alpha value is -3.12. The minimum Gasteiger partial charge on any atom is -0.465 e. The maximum Gasteiger partial charge on any atom is 0.337 e. The Morgan fingerprint density at radius 3 is 2.52 bits per heavy atom. The van der Waals surface area contributed by atoms with E-state index in [-0.39, 0.29) is 17.1 Å². The fourth-order valence-corrected chi connectivity index (χ4v) is 5.11. The van der Waals surface area contributed by atoms with Crippen molar-refractivity contribution in [3.63, 3.8) is 0 Å². The molecule has 7 heteroatoms. The van der Waals surface area contributed by atoms with Gasteiger partial charge in [0.2, 0.25) is 5.91 Å². The quantitative estimate of drug-likeness (QED) is 0.583. The molecule has 2 aliphatic rings. The van der Waals surface area contributed by atoms with Gasteiger partial charge in [-0.2, -0.15) is 0 Å². The Morgan fingerprint density at radius 1 is 1.15 bits per heavy atom. The van der Waals surface area contributed by atoms with E-state index in [1.54, 1.807) is 23.1 Å². The second-order valence-electron chi connectivity index (χ2n) is 9.50. The smallest absolute Gasteiger partial charge is 0.337 e. The van der Waals surface area contributed by atoms with Crippen LogP contribution in [0.5, 0.6) is 0 Å². The second kappa shape index (κ2) is 8.34. The van der Waals surface area contributed by atoms with E-state index in [1.165, 1.54) is 14.0 Å². The molecule has 33 heavy (non-hydrogen) atoms. The van der Waals surface area contributed by atoms with E-state index in [9.17, 15) is 14.4 Å². The number of amides is 1. The molecule has 1 aliphatic heterocycles. The summed E-state index contributed by atoms with van der Waals surface area (Å²) < 4.78 is 4.89. The predicted octanol–water partition coefficient (Wildman–Crippen LogP) is 5.60. The second-order valence-corrected chi connectivity index (χ2v) is 9.91. The topological polar surface area (TPSA) is 75.7 Å². The number of carbonyl (C=O) groups excluding carboxylic acids is 3. The van der Waals surface area contributed by atoms with Crippen molar-refractivity contribution >= 4 is 40.6 Å². The van der Waals surface area contributed by atoms with Gasteiger partial charge >= 0.3 is 5.97 Å². The van der Waals surface area contributed by atoms with Crippen molar-refractivity contribution < 1.29 is 19.1 Å². The van der Waals surface area contributed by atoms with Gasteiger partial charge in [-0.15, -0.1) is 0 Å². The molecule has 1 N–H and O–H groups in total. The van der Waals surface area contributed by atoms with E-state index in [4.69, 9.17) is 16.3 Å². The molecule has 1 heterocycles. The Morgan fingerprint density at radius 2 is 1.88 bits per heavy atom. The summed E-state index contributed by atoms with van der Waals surface area (Å²) in [7, 11) is 1.31. The average molecular weight is 467 g/mol. The van der Waals surface area contributed by atoms with Crippen molar-refractivity contribution in [1.82, 2.24) is 0 Å². The molecule has 2 aromatic rings. The third-order valence-electron chi connectivity index (χ3n) is 6.21. The largest absolute Gasteiger partial charge is 0.465 e. The SMILES string of the molecule is COC(=O)c1ccc2c(c1)N(C(C)=O)C(c1ccc(C)cc1Cl)C1=C(CC(C)(C)CC1=O)N2. The number of benzene rings is 2. The monoisotopic (exact) mass is 466 g/mol. The van der Waals surface area contributed by atoms with Crippen molar-refractivity contribution in [1.29, 1.82) is 0 Å². The van der Waals surface area contributed by atoms with E-state index in [1.807, 2.05) is 25.1 Å². The zero-order valence-electron chi connectivity index (χ0n) is 19.4. The van der Waals surface area contributed by atoms with Gasteiger partial charge in [0.05, 0.1) is 30.1 Å². The summed E-state index contributed by atoms with van der Waals surface area (Å²) >= 11 is 6.69. The number of ether oxygens (including phenoxy) is 1. The van der Waals surface area contributed by atoms with Gasteiger partial charge in [0, 0.05) is 29.6 Å². The van der Waals surface area contributed by atoms with Gasteiger partial charge in [0.15, 0.2) is 5.78 Å². The molecule has 4 rings (SSSR count). The number of hydrogen-bond donors (Lipinski definition) is 1. The summed E-state index contributed by atoms with van der Waals surface area (Å²) in [6, 6.07) is 9.90. The molecular weight excluding hydrogens is 440 g/mol. The molecule has 0 radical (unpaired) electrons. The zero-order valence-corrected chi connectivity index (χ0v) is 20.2. The first kappa shape index (κ1) is 23.1. The highest BCUT2D eigenvalue weighted by Gasteiger charge is 2.43. The van der Waals surface area contributed by atoms with E-state index >= 15 is 0 Å². The maximum atomic E-state index is 13.5. The molecule has 0 fully saturated rings. The summed E-state index contributed by atoms with van der Waals surface area (Å²) in [6.45, 7) is 7.49. The Bertz CT molecular complexity index is 1210. The van der Waals surface area contributed by atoms with Crippen LogP contribution >= 0.6 is 11.6 Å². The van der Waals surface area contributed by atoms with Gasteiger partial charge in [0.25, 0.3) is 0 Å². The minimum absolute atomic E-state index is 0.0253. The van der Waals surface area contributed by atoms with Crippen LogP contribution in [0.2, 0.25) is 5.02 Å². The zero-order chi connectivity index (χ0) is 24.1. The van der Waals surface area contributed by atoms with Crippen LogP contribution in [0, 0.1) is 12.3 Å². The van der Waals surface area contributed by atoms with Gasteiger partial charge < -0.3 is 10.1 Å². The molecular formula is C26H27ClN2O4. The van der Waals surface area contributed by atoms with Gasteiger partial charge in [-0.3, -0.25) is 14.5 Å². The Balaban J connectivity index is 2.04. The Kier molecular flexibility index (Phi) is 5.83. The highest BCUT2D eigenvalue weighted by Crippen LogP contribution is 2.49. The number of allylic oxidation sites excluding steroid dienone is 1. The number of Topliss-reactive ketones (excluding diaryl/α,β-unsaturated/α-hetero) is 1. The lowest BCUT2D eigenvalue weighted by atomic mass is 9.73. The number of methoxy groups -OCH3 is 1. The predicted molar refractivity (Wildman–Crippen MR) is 129 cm³/mol. The molecule has 172 valence electrons. The number of carbonyl (C=O) groups is 3. The first-order chi connectivity index (χ1) is 15.5. The van der Waals surface area contributed by atoms with Gasteiger partial charge in [-0.05, 0) is 54.2 Å². The first-order valence-corrected chi connectivity index (χ1v) is 11.2. The lowest BCUT2D eigenvalue weighted by Gasteiger charge is -2.37. The molecule has 0 spiro atoms. The van der Waals surface area contributed by atoms with Gasteiger partial charge in [-0.25, -0.2) is 4.79 Å². The molecule has 1 amide bonds. The average Bonchev–Trinajstić information content (AvgIpc) is 2.85. The Labute approximate surface area is 198 Å². The summed E-state index contributed by atoms with van der Waals surface area (Å²) in [5.41, 5.74) is 4.15. The van der Waals surface area contributed by atoms with E-state index in [0.717, 1.165) is 11.3 Å². The van der Waals surface area contributed by atoms with E-state index in [0.29, 0.717) is 45.9 Å². The molecule has 0 saturated carbocycles. The fourth-order valence-electron chi connectivity index (χ4n) is 4.78. The van der Waals surface area contributed by atoms with Crippen molar-refractivity contribution in [2.24, 2.45) is 5.41 Å².